The van der Waals surface area contributed by atoms with Crippen molar-refractivity contribution >= 4 is 0 Å². The van der Waals surface area contributed by atoms with Crippen LogP contribution in [0.25, 0.3) is 0 Å². The highest BCUT2D eigenvalue weighted by Gasteiger charge is 2.17. The fraction of sp³-hybridized carbons (Fsp3) is 0.294. The minimum absolute atomic E-state index is 0.205. The first kappa shape index (κ1) is 13.3. The van der Waals surface area contributed by atoms with Gasteiger partial charge in [-0.15, -0.1) is 0 Å². The molecule has 0 saturated heterocycles. The summed E-state index contributed by atoms with van der Waals surface area (Å²) >= 11 is 0. The lowest BCUT2D eigenvalue weighted by molar-refractivity contribution is 0.134. The Kier molecular flexibility index (Phi) is 3.32. The number of hydrogen-bond acceptors (Lipinski definition) is 2. The summed E-state index contributed by atoms with van der Waals surface area (Å²) in [4.78, 5) is 0. The second-order valence-electron chi connectivity index (χ2n) is 5.39. The van der Waals surface area contributed by atoms with E-state index in [1.54, 1.807) is 26.0 Å². The van der Waals surface area contributed by atoms with Crippen molar-refractivity contribution < 1.29 is 14.2 Å². The lowest BCUT2D eigenvalue weighted by Crippen LogP contribution is -2.03. The molecule has 0 fully saturated rings. The number of aliphatic hydroxyl groups excluding tert-OH is 1. The van der Waals surface area contributed by atoms with Gasteiger partial charge in [0.25, 0.3) is 0 Å². The van der Waals surface area contributed by atoms with Gasteiger partial charge in [-0.1, -0.05) is 30.3 Å². The van der Waals surface area contributed by atoms with Crippen LogP contribution in [0.2, 0.25) is 0 Å². The summed E-state index contributed by atoms with van der Waals surface area (Å²) in [6.45, 7) is 4.67. The molecule has 1 heterocycles. The molecule has 0 aliphatic carbocycles. The summed E-state index contributed by atoms with van der Waals surface area (Å²) in [7, 11) is 0. The number of rotatable bonds is 2. The lowest BCUT2D eigenvalue weighted by atomic mass is 9.95. The average molecular weight is 272 g/mol. The van der Waals surface area contributed by atoms with E-state index in [4.69, 9.17) is 4.74 Å². The molecule has 1 atom stereocenters. The van der Waals surface area contributed by atoms with Crippen molar-refractivity contribution in [2.24, 2.45) is 0 Å². The maximum Gasteiger partial charge on any atom is 0.129 e. The zero-order valence-electron chi connectivity index (χ0n) is 11.6. The van der Waals surface area contributed by atoms with E-state index in [0.29, 0.717) is 24.3 Å². The predicted octanol–water partition coefficient (Wildman–Crippen LogP) is 3.55. The zero-order chi connectivity index (χ0) is 14.3. The van der Waals surface area contributed by atoms with E-state index in [9.17, 15) is 9.50 Å². The third-order valence-electron chi connectivity index (χ3n) is 3.84. The molecule has 3 heteroatoms. The van der Waals surface area contributed by atoms with Crippen molar-refractivity contribution in [2.45, 2.75) is 33.2 Å². The molecule has 0 aromatic heterocycles. The fourth-order valence-electron chi connectivity index (χ4n) is 2.69. The van der Waals surface area contributed by atoms with E-state index in [0.717, 1.165) is 16.7 Å². The molecule has 0 bridgehead atoms. The molecule has 2 nitrogen and oxygen atoms in total. The van der Waals surface area contributed by atoms with Gasteiger partial charge in [-0.05, 0) is 47.2 Å². The molecule has 20 heavy (non-hydrogen) atoms. The van der Waals surface area contributed by atoms with Gasteiger partial charge in [-0.3, -0.25) is 0 Å². The Hall–Kier alpha value is -1.71. The van der Waals surface area contributed by atoms with Crippen LogP contribution in [0.4, 0.5) is 4.39 Å². The molecule has 1 aliphatic heterocycles. The largest absolute Gasteiger partial charge is 0.384 e. The molecule has 0 saturated carbocycles. The second-order valence-corrected chi connectivity index (χ2v) is 5.39. The molecule has 1 unspecified atom stereocenters. The van der Waals surface area contributed by atoms with Crippen LogP contribution in [-0.4, -0.2) is 5.11 Å². The highest BCUT2D eigenvalue weighted by atomic mass is 19.1. The van der Waals surface area contributed by atoms with E-state index < -0.39 is 6.10 Å². The van der Waals surface area contributed by atoms with Gasteiger partial charge in [0.2, 0.25) is 0 Å². The first-order valence-corrected chi connectivity index (χ1v) is 6.70. The number of halogens is 1. The van der Waals surface area contributed by atoms with E-state index in [2.05, 4.69) is 0 Å². The summed E-state index contributed by atoms with van der Waals surface area (Å²) < 4.78 is 19.0. The van der Waals surface area contributed by atoms with Crippen LogP contribution >= 0.6 is 0 Å². The van der Waals surface area contributed by atoms with E-state index in [1.165, 1.54) is 5.56 Å². The molecule has 3 rings (SSSR count). The van der Waals surface area contributed by atoms with Gasteiger partial charge >= 0.3 is 0 Å². The van der Waals surface area contributed by atoms with Gasteiger partial charge in [0.05, 0.1) is 13.2 Å². The second kappa shape index (κ2) is 5.00. The molecule has 0 amide bonds. The molecule has 0 spiro atoms. The van der Waals surface area contributed by atoms with Gasteiger partial charge in [0.1, 0.15) is 11.9 Å². The highest BCUT2D eigenvalue weighted by Crippen LogP contribution is 2.29. The molecule has 2 aromatic rings. The lowest BCUT2D eigenvalue weighted by Gasteiger charge is -2.15. The van der Waals surface area contributed by atoms with E-state index in [1.807, 2.05) is 18.2 Å². The smallest absolute Gasteiger partial charge is 0.129 e. The highest BCUT2D eigenvalue weighted by molar-refractivity contribution is 5.40. The first-order chi connectivity index (χ1) is 9.56. The van der Waals surface area contributed by atoms with Gasteiger partial charge in [0.15, 0.2) is 0 Å². The molecular formula is C17H17FO2. The topological polar surface area (TPSA) is 29.5 Å². The first-order valence-electron chi connectivity index (χ1n) is 6.70. The van der Waals surface area contributed by atoms with Crippen LogP contribution in [0.1, 0.15) is 39.5 Å². The molecule has 104 valence electrons. The monoisotopic (exact) mass is 272 g/mol. The Morgan fingerprint density at radius 1 is 1.00 bits per heavy atom. The third kappa shape index (κ3) is 2.23. The maximum absolute atomic E-state index is 13.7. The molecule has 2 aromatic carbocycles. The molecule has 0 radical (unpaired) electrons. The van der Waals surface area contributed by atoms with Crippen molar-refractivity contribution in [3.05, 3.63) is 69.5 Å². The molecule has 1 aliphatic rings. The summed E-state index contributed by atoms with van der Waals surface area (Å²) in [5.41, 5.74) is 4.96. The Balaban J connectivity index is 1.98. The third-order valence-corrected chi connectivity index (χ3v) is 3.84. The number of hydrogen-bond donors (Lipinski definition) is 1. The van der Waals surface area contributed by atoms with Gasteiger partial charge in [-0.25, -0.2) is 4.39 Å². The van der Waals surface area contributed by atoms with Crippen LogP contribution in [0.15, 0.2) is 30.3 Å². The number of ether oxygens (including phenoxy) is 1. The Morgan fingerprint density at radius 3 is 2.35 bits per heavy atom. The minimum atomic E-state index is -0.737. The SMILES string of the molecule is Cc1cc(C(O)c2ccc3c(c2)COC3)cc(C)c1F. The molecule has 1 N–H and O–H groups in total. The molecular weight excluding hydrogens is 255 g/mol. The van der Waals surface area contributed by atoms with Crippen LogP contribution in [-0.2, 0) is 18.0 Å². The van der Waals surface area contributed by atoms with Crippen LogP contribution in [0, 0.1) is 19.7 Å². The van der Waals surface area contributed by atoms with Crippen LogP contribution in [0.3, 0.4) is 0 Å². The zero-order valence-corrected chi connectivity index (χ0v) is 11.6. The summed E-state index contributed by atoms with van der Waals surface area (Å²) in [6, 6.07) is 9.28. The minimum Gasteiger partial charge on any atom is -0.384 e. The van der Waals surface area contributed by atoms with Crippen LogP contribution in [0.5, 0.6) is 0 Å². The number of aliphatic hydroxyl groups is 1. The van der Waals surface area contributed by atoms with Gasteiger partial charge in [0, 0.05) is 0 Å². The standard InChI is InChI=1S/C17H17FO2/c1-10-5-14(6-11(2)16(10)18)17(19)12-3-4-13-8-20-9-15(13)7-12/h3-7,17,19H,8-9H2,1-2H3. The van der Waals surface area contributed by atoms with Crippen molar-refractivity contribution in [2.75, 3.05) is 0 Å². The van der Waals surface area contributed by atoms with Crippen molar-refractivity contribution in [1.82, 2.24) is 0 Å². The van der Waals surface area contributed by atoms with E-state index >= 15 is 0 Å². The van der Waals surface area contributed by atoms with E-state index in [-0.39, 0.29) is 5.82 Å². The normalized spacial score (nSPS) is 15.2. The Labute approximate surface area is 117 Å². The van der Waals surface area contributed by atoms with Gasteiger partial charge in [-0.2, -0.15) is 0 Å². The average Bonchev–Trinajstić information content (AvgIpc) is 2.90. The predicted molar refractivity (Wildman–Crippen MR) is 74.9 cm³/mol. The summed E-state index contributed by atoms with van der Waals surface area (Å²) in [5.74, 6) is -0.205. The Bertz CT molecular complexity index is 641. The van der Waals surface area contributed by atoms with Crippen molar-refractivity contribution in [3.63, 3.8) is 0 Å². The van der Waals surface area contributed by atoms with Gasteiger partial charge < -0.3 is 9.84 Å². The fourth-order valence-corrected chi connectivity index (χ4v) is 2.69. The Morgan fingerprint density at radius 2 is 1.65 bits per heavy atom. The van der Waals surface area contributed by atoms with Crippen molar-refractivity contribution in [3.8, 4) is 0 Å². The quantitative estimate of drug-likeness (QED) is 0.906. The number of aryl methyl sites for hydroxylation is 2. The maximum atomic E-state index is 13.7. The summed E-state index contributed by atoms with van der Waals surface area (Å²) in [5, 5.41) is 10.5. The number of benzene rings is 2. The summed E-state index contributed by atoms with van der Waals surface area (Å²) in [6.07, 6.45) is -0.737. The van der Waals surface area contributed by atoms with Crippen LogP contribution < -0.4 is 0 Å². The van der Waals surface area contributed by atoms with Crippen molar-refractivity contribution in [1.29, 1.82) is 0 Å². The number of fused-ring (bicyclic) bond motifs is 1.